The lowest BCUT2D eigenvalue weighted by Gasteiger charge is -2.12. The van der Waals surface area contributed by atoms with Gasteiger partial charge in [-0.25, -0.2) is 0 Å². The molecular formula is C17H11BrF3NO2. The third-order valence-electron chi connectivity index (χ3n) is 3.65. The summed E-state index contributed by atoms with van der Waals surface area (Å²) in [5.41, 5.74) is -0.731. The van der Waals surface area contributed by atoms with Crippen molar-refractivity contribution in [2.45, 2.75) is 6.18 Å². The van der Waals surface area contributed by atoms with E-state index in [2.05, 4.69) is 15.9 Å². The maximum Gasteiger partial charge on any atom is 0.416 e. The molecule has 0 amide bonds. The van der Waals surface area contributed by atoms with Crippen LogP contribution in [0, 0.1) is 0 Å². The molecule has 0 aliphatic carbocycles. The predicted molar refractivity (Wildman–Crippen MR) is 88.8 cm³/mol. The van der Waals surface area contributed by atoms with Crippen molar-refractivity contribution in [3.05, 3.63) is 69.1 Å². The first-order chi connectivity index (χ1) is 11.3. The Morgan fingerprint density at radius 1 is 1.04 bits per heavy atom. The highest BCUT2D eigenvalue weighted by Gasteiger charge is 2.30. The van der Waals surface area contributed by atoms with Crippen LogP contribution < -0.4 is 10.3 Å². The standard InChI is InChI=1S/C17H11BrF3NO2/c1-24-12-6-7-13-14(8-12)15(18)9-22(16(13)23)11-4-2-10(3-5-11)17(19,20)21/h2-9H,1H3. The van der Waals surface area contributed by atoms with E-state index in [1.165, 1.54) is 30.0 Å². The van der Waals surface area contributed by atoms with E-state index in [1.54, 1.807) is 18.2 Å². The molecule has 3 aromatic rings. The number of halogens is 4. The summed E-state index contributed by atoms with van der Waals surface area (Å²) < 4.78 is 45.1. The maximum absolute atomic E-state index is 12.7. The summed E-state index contributed by atoms with van der Waals surface area (Å²) in [6.45, 7) is 0. The van der Waals surface area contributed by atoms with Crippen LogP contribution >= 0.6 is 15.9 Å². The van der Waals surface area contributed by atoms with Gasteiger partial charge >= 0.3 is 6.18 Å². The van der Waals surface area contributed by atoms with Gasteiger partial charge in [-0.15, -0.1) is 0 Å². The van der Waals surface area contributed by atoms with Crippen molar-refractivity contribution in [1.82, 2.24) is 4.57 Å². The predicted octanol–water partition coefficient (Wildman–Crippen LogP) is 4.78. The van der Waals surface area contributed by atoms with Crippen LogP contribution in [0.15, 0.2) is 57.9 Å². The lowest BCUT2D eigenvalue weighted by Crippen LogP contribution is -2.18. The quantitative estimate of drug-likeness (QED) is 0.622. The molecule has 0 unspecified atom stereocenters. The summed E-state index contributed by atoms with van der Waals surface area (Å²) in [5, 5.41) is 1.10. The molecule has 1 heterocycles. The van der Waals surface area contributed by atoms with Crippen LogP contribution in [0.25, 0.3) is 16.5 Å². The molecule has 3 nitrogen and oxygen atoms in total. The summed E-state index contributed by atoms with van der Waals surface area (Å²) in [4.78, 5) is 12.6. The number of hydrogen-bond donors (Lipinski definition) is 0. The molecule has 0 spiro atoms. The normalized spacial score (nSPS) is 11.7. The Hall–Kier alpha value is -2.28. The number of rotatable bonds is 2. The van der Waals surface area contributed by atoms with E-state index < -0.39 is 11.7 Å². The van der Waals surface area contributed by atoms with Gasteiger partial charge in [0.1, 0.15) is 5.75 Å². The Labute approximate surface area is 143 Å². The number of hydrogen-bond acceptors (Lipinski definition) is 2. The summed E-state index contributed by atoms with van der Waals surface area (Å²) in [6, 6.07) is 9.45. The molecule has 0 atom stereocenters. The zero-order valence-electron chi connectivity index (χ0n) is 12.4. The van der Waals surface area contributed by atoms with Crippen LogP contribution in [0.1, 0.15) is 5.56 Å². The summed E-state index contributed by atoms with van der Waals surface area (Å²) in [7, 11) is 1.53. The minimum absolute atomic E-state index is 0.324. The molecule has 0 aliphatic heterocycles. The van der Waals surface area contributed by atoms with Crippen molar-refractivity contribution in [3.63, 3.8) is 0 Å². The molecule has 3 rings (SSSR count). The topological polar surface area (TPSA) is 31.2 Å². The van der Waals surface area contributed by atoms with Gasteiger partial charge in [-0.1, -0.05) is 0 Å². The highest BCUT2D eigenvalue weighted by atomic mass is 79.9. The molecule has 7 heteroatoms. The van der Waals surface area contributed by atoms with E-state index in [0.717, 1.165) is 12.1 Å². The van der Waals surface area contributed by atoms with Gasteiger partial charge in [0.25, 0.3) is 5.56 Å². The molecule has 0 saturated heterocycles. The average molecular weight is 398 g/mol. The van der Waals surface area contributed by atoms with Gasteiger partial charge in [-0.3, -0.25) is 9.36 Å². The van der Waals surface area contributed by atoms with Crippen LogP contribution in [-0.2, 0) is 6.18 Å². The third kappa shape index (κ3) is 2.91. The van der Waals surface area contributed by atoms with Crippen LogP contribution in [-0.4, -0.2) is 11.7 Å². The SMILES string of the molecule is COc1ccc2c(=O)n(-c3ccc(C(F)(F)F)cc3)cc(Br)c2c1. The number of aromatic nitrogens is 1. The number of benzene rings is 2. The second-order valence-electron chi connectivity index (χ2n) is 5.11. The number of pyridine rings is 1. The van der Waals surface area contributed by atoms with Crippen LogP contribution in [0.5, 0.6) is 5.75 Å². The second kappa shape index (κ2) is 5.98. The van der Waals surface area contributed by atoms with Crippen molar-refractivity contribution in [3.8, 4) is 11.4 Å². The van der Waals surface area contributed by atoms with Crippen LogP contribution in [0.2, 0.25) is 0 Å². The van der Waals surface area contributed by atoms with Crippen LogP contribution in [0.3, 0.4) is 0 Å². The molecule has 0 saturated carbocycles. The van der Waals surface area contributed by atoms with E-state index >= 15 is 0 Å². The Bertz CT molecular complexity index is 962. The first-order valence-corrected chi connectivity index (χ1v) is 7.67. The Kier molecular flexibility index (Phi) is 4.13. The molecule has 1 aromatic heterocycles. The van der Waals surface area contributed by atoms with Crippen molar-refractivity contribution < 1.29 is 17.9 Å². The molecule has 0 bridgehead atoms. The van der Waals surface area contributed by atoms with Gasteiger partial charge in [-0.05, 0) is 58.4 Å². The van der Waals surface area contributed by atoms with Crippen molar-refractivity contribution in [1.29, 1.82) is 0 Å². The number of fused-ring (bicyclic) bond motifs is 1. The highest BCUT2D eigenvalue weighted by Crippen LogP contribution is 2.30. The number of methoxy groups -OCH3 is 1. The fourth-order valence-electron chi connectivity index (χ4n) is 2.41. The van der Waals surface area contributed by atoms with Crippen molar-refractivity contribution in [2.24, 2.45) is 0 Å². The average Bonchev–Trinajstić information content (AvgIpc) is 2.57. The third-order valence-corrected chi connectivity index (χ3v) is 4.28. The lowest BCUT2D eigenvalue weighted by molar-refractivity contribution is -0.137. The number of ether oxygens (including phenoxy) is 1. The van der Waals surface area contributed by atoms with E-state index in [-0.39, 0.29) is 5.56 Å². The Balaban J connectivity index is 2.17. The summed E-state index contributed by atoms with van der Waals surface area (Å²) >= 11 is 3.39. The molecule has 0 fully saturated rings. The van der Waals surface area contributed by atoms with E-state index in [0.29, 0.717) is 26.7 Å². The van der Waals surface area contributed by atoms with Crippen molar-refractivity contribution in [2.75, 3.05) is 7.11 Å². The van der Waals surface area contributed by atoms with Gasteiger partial charge in [0.05, 0.1) is 12.7 Å². The van der Waals surface area contributed by atoms with Gasteiger partial charge in [0.15, 0.2) is 0 Å². The molecule has 24 heavy (non-hydrogen) atoms. The van der Waals surface area contributed by atoms with Gasteiger partial charge < -0.3 is 4.74 Å². The highest BCUT2D eigenvalue weighted by molar-refractivity contribution is 9.10. The smallest absolute Gasteiger partial charge is 0.416 e. The fraction of sp³-hybridized carbons (Fsp3) is 0.118. The molecule has 0 radical (unpaired) electrons. The molecule has 0 aliphatic rings. The molecular weight excluding hydrogens is 387 g/mol. The zero-order chi connectivity index (χ0) is 17.5. The van der Waals surface area contributed by atoms with Gasteiger partial charge in [0, 0.05) is 27.1 Å². The van der Waals surface area contributed by atoms with Gasteiger partial charge in [-0.2, -0.15) is 13.2 Å². The Morgan fingerprint density at radius 2 is 1.71 bits per heavy atom. The number of nitrogens with zero attached hydrogens (tertiary/aromatic N) is 1. The first-order valence-electron chi connectivity index (χ1n) is 6.88. The van der Waals surface area contributed by atoms with Crippen LogP contribution in [0.4, 0.5) is 13.2 Å². The largest absolute Gasteiger partial charge is 0.497 e. The molecule has 0 N–H and O–H groups in total. The lowest BCUT2D eigenvalue weighted by atomic mass is 10.1. The van der Waals surface area contributed by atoms with Crippen molar-refractivity contribution >= 4 is 26.7 Å². The maximum atomic E-state index is 12.7. The molecule has 2 aromatic carbocycles. The minimum Gasteiger partial charge on any atom is -0.497 e. The van der Waals surface area contributed by atoms with E-state index in [1.807, 2.05) is 0 Å². The minimum atomic E-state index is -4.41. The second-order valence-corrected chi connectivity index (χ2v) is 5.96. The molecule has 124 valence electrons. The number of alkyl halides is 3. The fourth-order valence-corrected chi connectivity index (χ4v) is 2.94. The van der Waals surface area contributed by atoms with E-state index in [9.17, 15) is 18.0 Å². The monoisotopic (exact) mass is 397 g/mol. The summed E-state index contributed by atoms with van der Waals surface area (Å²) in [6.07, 6.45) is -2.88. The Morgan fingerprint density at radius 3 is 2.29 bits per heavy atom. The zero-order valence-corrected chi connectivity index (χ0v) is 14.0. The summed E-state index contributed by atoms with van der Waals surface area (Å²) in [5.74, 6) is 0.606. The van der Waals surface area contributed by atoms with Gasteiger partial charge in [0.2, 0.25) is 0 Å². The van der Waals surface area contributed by atoms with E-state index in [4.69, 9.17) is 4.74 Å². The first kappa shape index (κ1) is 16.6.